The van der Waals surface area contributed by atoms with Crippen LogP contribution in [0.15, 0.2) is 24.3 Å². The molecule has 0 aromatic heterocycles. The maximum Gasteiger partial charge on any atom is 0.401 e. The quantitative estimate of drug-likeness (QED) is 0.874. The molecule has 1 aliphatic heterocycles. The van der Waals surface area contributed by atoms with Crippen molar-refractivity contribution in [1.82, 2.24) is 10.2 Å². The first-order valence-electron chi connectivity index (χ1n) is 7.09. The Morgan fingerprint density at radius 2 is 2.19 bits per heavy atom. The minimum Gasteiger partial charge on any atom is -0.497 e. The zero-order chi connectivity index (χ0) is 15.3. The zero-order valence-corrected chi connectivity index (χ0v) is 12.1. The van der Waals surface area contributed by atoms with Crippen LogP contribution in [-0.4, -0.2) is 44.4 Å². The van der Waals surface area contributed by atoms with Gasteiger partial charge in [0, 0.05) is 13.1 Å². The van der Waals surface area contributed by atoms with Gasteiger partial charge in [0.05, 0.1) is 13.7 Å². The lowest BCUT2D eigenvalue weighted by atomic mass is 10.1. The van der Waals surface area contributed by atoms with Gasteiger partial charge < -0.3 is 10.1 Å². The minimum absolute atomic E-state index is 0.290. The molecular formula is C15H21F3N2O. The summed E-state index contributed by atoms with van der Waals surface area (Å²) in [6.45, 7) is 2.10. The Bertz CT molecular complexity index is 451. The van der Waals surface area contributed by atoms with Crippen molar-refractivity contribution in [2.45, 2.75) is 19.1 Å². The van der Waals surface area contributed by atoms with Crippen LogP contribution in [0.3, 0.4) is 0 Å². The molecule has 0 spiro atoms. The molecule has 2 rings (SSSR count). The monoisotopic (exact) mass is 302 g/mol. The predicted molar refractivity (Wildman–Crippen MR) is 75.3 cm³/mol. The van der Waals surface area contributed by atoms with Crippen LogP contribution in [0.5, 0.6) is 5.75 Å². The van der Waals surface area contributed by atoms with E-state index in [-0.39, 0.29) is 5.92 Å². The van der Waals surface area contributed by atoms with Gasteiger partial charge in [-0.1, -0.05) is 12.1 Å². The second-order valence-corrected chi connectivity index (χ2v) is 5.49. The Kier molecular flexibility index (Phi) is 5.47. The fourth-order valence-electron chi connectivity index (χ4n) is 2.67. The van der Waals surface area contributed by atoms with Gasteiger partial charge in [-0.25, -0.2) is 0 Å². The van der Waals surface area contributed by atoms with Gasteiger partial charge in [-0.05, 0) is 43.1 Å². The summed E-state index contributed by atoms with van der Waals surface area (Å²) in [6, 6.07) is 7.89. The maximum absolute atomic E-state index is 12.1. The van der Waals surface area contributed by atoms with Crippen LogP contribution in [0.4, 0.5) is 13.2 Å². The minimum atomic E-state index is -4.13. The molecule has 3 nitrogen and oxygen atoms in total. The van der Waals surface area contributed by atoms with Crippen molar-refractivity contribution < 1.29 is 17.9 Å². The van der Waals surface area contributed by atoms with Gasteiger partial charge in [0.15, 0.2) is 0 Å². The normalized spacial score (nSPS) is 19.9. The number of benzene rings is 1. The lowest BCUT2D eigenvalue weighted by Gasteiger charge is -2.17. The average molecular weight is 302 g/mol. The Morgan fingerprint density at radius 1 is 1.38 bits per heavy atom. The van der Waals surface area contributed by atoms with E-state index in [1.165, 1.54) is 5.56 Å². The molecule has 0 bridgehead atoms. The third-order valence-corrected chi connectivity index (χ3v) is 3.67. The van der Waals surface area contributed by atoms with Crippen molar-refractivity contribution in [3.63, 3.8) is 0 Å². The van der Waals surface area contributed by atoms with E-state index in [1.54, 1.807) is 7.11 Å². The number of methoxy groups -OCH3 is 1. The van der Waals surface area contributed by atoms with E-state index in [1.807, 2.05) is 24.3 Å². The highest BCUT2D eigenvalue weighted by Crippen LogP contribution is 2.20. The highest BCUT2D eigenvalue weighted by molar-refractivity contribution is 5.28. The predicted octanol–water partition coefficient (Wildman–Crippen LogP) is 2.67. The number of alkyl halides is 3. The summed E-state index contributed by atoms with van der Waals surface area (Å²) < 4.78 is 41.4. The van der Waals surface area contributed by atoms with Crippen LogP contribution in [0.2, 0.25) is 0 Å². The first-order chi connectivity index (χ1) is 9.96. The lowest BCUT2D eigenvalue weighted by Crippen LogP contribution is -2.33. The third-order valence-electron chi connectivity index (χ3n) is 3.67. The average Bonchev–Trinajstić information content (AvgIpc) is 2.85. The molecule has 0 saturated carbocycles. The smallest absolute Gasteiger partial charge is 0.401 e. The van der Waals surface area contributed by atoms with Crippen LogP contribution in [0.1, 0.15) is 12.0 Å². The molecule has 1 aromatic rings. The summed E-state index contributed by atoms with van der Waals surface area (Å²) in [7, 11) is 1.64. The molecule has 1 N–H and O–H groups in total. The van der Waals surface area contributed by atoms with E-state index in [0.717, 1.165) is 31.8 Å². The fourth-order valence-corrected chi connectivity index (χ4v) is 2.67. The summed E-state index contributed by atoms with van der Waals surface area (Å²) in [6.07, 6.45) is -3.19. The first kappa shape index (κ1) is 16.1. The number of ether oxygens (including phenoxy) is 1. The van der Waals surface area contributed by atoms with Crippen LogP contribution in [0, 0.1) is 5.92 Å². The van der Waals surface area contributed by atoms with Crippen molar-refractivity contribution in [3.8, 4) is 5.75 Å². The number of halogens is 3. The molecule has 1 fully saturated rings. The number of nitrogens with one attached hydrogen (secondary N) is 1. The molecule has 1 atom stereocenters. The second kappa shape index (κ2) is 7.13. The molecule has 1 aliphatic rings. The van der Waals surface area contributed by atoms with Gasteiger partial charge in [0.2, 0.25) is 0 Å². The van der Waals surface area contributed by atoms with E-state index in [9.17, 15) is 13.2 Å². The Hall–Kier alpha value is -1.27. The van der Waals surface area contributed by atoms with Crippen molar-refractivity contribution in [2.75, 3.05) is 33.3 Å². The van der Waals surface area contributed by atoms with E-state index in [4.69, 9.17) is 4.74 Å². The number of hydrogen-bond donors (Lipinski definition) is 1. The molecule has 1 unspecified atom stereocenters. The van der Waals surface area contributed by atoms with Crippen molar-refractivity contribution in [1.29, 1.82) is 0 Å². The second-order valence-electron chi connectivity index (χ2n) is 5.49. The van der Waals surface area contributed by atoms with E-state index in [2.05, 4.69) is 10.2 Å². The van der Waals surface area contributed by atoms with Crippen molar-refractivity contribution >= 4 is 0 Å². The molecule has 0 amide bonds. The number of rotatable bonds is 6. The van der Waals surface area contributed by atoms with Crippen molar-refractivity contribution in [3.05, 3.63) is 29.8 Å². The van der Waals surface area contributed by atoms with Gasteiger partial charge in [-0.2, -0.15) is 13.2 Å². The molecule has 1 saturated heterocycles. The van der Waals surface area contributed by atoms with E-state index < -0.39 is 12.7 Å². The van der Waals surface area contributed by atoms with Gasteiger partial charge in [-0.3, -0.25) is 4.90 Å². The Morgan fingerprint density at radius 3 is 2.90 bits per heavy atom. The van der Waals surface area contributed by atoms with Gasteiger partial charge in [-0.15, -0.1) is 0 Å². The van der Waals surface area contributed by atoms with Crippen LogP contribution in [-0.2, 0) is 6.54 Å². The molecule has 0 aliphatic carbocycles. The molecule has 21 heavy (non-hydrogen) atoms. The first-order valence-corrected chi connectivity index (χ1v) is 7.09. The number of likely N-dealkylation sites (tertiary alicyclic amines) is 1. The molecule has 1 heterocycles. The Balaban J connectivity index is 1.74. The third kappa shape index (κ3) is 5.55. The SMILES string of the molecule is COc1cccc(CN2CCC(CNCC(F)(F)F)C2)c1. The van der Waals surface area contributed by atoms with Crippen LogP contribution >= 0.6 is 0 Å². The summed E-state index contributed by atoms with van der Waals surface area (Å²) in [4.78, 5) is 2.27. The van der Waals surface area contributed by atoms with Crippen LogP contribution in [0.25, 0.3) is 0 Å². The van der Waals surface area contributed by atoms with Gasteiger partial charge in [0.1, 0.15) is 5.75 Å². The van der Waals surface area contributed by atoms with Crippen LogP contribution < -0.4 is 10.1 Å². The lowest BCUT2D eigenvalue weighted by molar-refractivity contribution is -0.125. The van der Waals surface area contributed by atoms with E-state index in [0.29, 0.717) is 6.54 Å². The summed E-state index contributed by atoms with van der Waals surface area (Å²) >= 11 is 0. The van der Waals surface area contributed by atoms with Gasteiger partial charge >= 0.3 is 6.18 Å². The molecular weight excluding hydrogens is 281 g/mol. The molecule has 6 heteroatoms. The summed E-state index contributed by atoms with van der Waals surface area (Å²) in [5.41, 5.74) is 1.17. The number of hydrogen-bond acceptors (Lipinski definition) is 3. The zero-order valence-electron chi connectivity index (χ0n) is 12.1. The molecule has 0 radical (unpaired) electrons. The Labute approximate surface area is 123 Å². The highest BCUT2D eigenvalue weighted by Gasteiger charge is 2.28. The standard InChI is InChI=1S/C15H21F3N2O/c1-21-14-4-2-3-12(7-14)9-20-6-5-13(10-20)8-19-11-15(16,17)18/h2-4,7,13,19H,5-6,8-11H2,1H3. The van der Waals surface area contributed by atoms with Crippen molar-refractivity contribution in [2.24, 2.45) is 5.92 Å². The molecule has 1 aromatic carbocycles. The topological polar surface area (TPSA) is 24.5 Å². The largest absolute Gasteiger partial charge is 0.497 e. The van der Waals surface area contributed by atoms with E-state index >= 15 is 0 Å². The maximum atomic E-state index is 12.1. The highest BCUT2D eigenvalue weighted by atomic mass is 19.4. The fraction of sp³-hybridized carbons (Fsp3) is 0.600. The summed E-state index contributed by atoms with van der Waals surface area (Å²) in [5.74, 6) is 1.12. The summed E-state index contributed by atoms with van der Waals surface area (Å²) in [5, 5.41) is 2.50. The molecule has 118 valence electrons. The number of nitrogens with zero attached hydrogens (tertiary/aromatic N) is 1. The van der Waals surface area contributed by atoms with Gasteiger partial charge in [0.25, 0.3) is 0 Å².